The molecule has 0 fully saturated rings. The van der Waals surface area contributed by atoms with Gasteiger partial charge in [-0.1, -0.05) is 54.6 Å². The molecule has 0 amide bonds. The van der Waals surface area contributed by atoms with Crippen LogP contribution in [0.15, 0.2) is 60.7 Å². The lowest BCUT2D eigenvalue weighted by Gasteiger charge is -2.14. The molecule has 90 valence electrons. The lowest BCUT2D eigenvalue weighted by atomic mass is 9.92. The number of benzene rings is 2. The van der Waals surface area contributed by atoms with Crippen LogP contribution in [0.2, 0.25) is 0 Å². The molecule has 0 unspecified atom stereocenters. The maximum absolute atomic E-state index is 2.41. The molecule has 0 saturated carbocycles. The van der Waals surface area contributed by atoms with Crippen molar-refractivity contribution >= 4 is 5.57 Å². The second-order valence-corrected chi connectivity index (χ2v) is 4.92. The Balaban J connectivity index is 1.97. The number of rotatable bonds is 2. The Morgan fingerprint density at radius 2 is 1.44 bits per heavy atom. The highest BCUT2D eigenvalue weighted by Gasteiger charge is 2.07. The van der Waals surface area contributed by atoms with Crippen LogP contribution in [-0.4, -0.2) is 0 Å². The highest BCUT2D eigenvalue weighted by atomic mass is 14.1. The predicted molar refractivity (Wildman–Crippen MR) is 78.3 cm³/mol. The molecule has 0 aliphatic heterocycles. The summed E-state index contributed by atoms with van der Waals surface area (Å²) in [6, 6.07) is 19.6. The van der Waals surface area contributed by atoms with Crippen molar-refractivity contribution in [1.82, 2.24) is 0 Å². The van der Waals surface area contributed by atoms with Crippen LogP contribution in [0.4, 0.5) is 0 Å². The van der Waals surface area contributed by atoms with Gasteiger partial charge in [0.2, 0.25) is 0 Å². The Hall–Kier alpha value is -1.82. The number of hydrogen-bond acceptors (Lipinski definition) is 0. The summed E-state index contributed by atoms with van der Waals surface area (Å²) in [5.74, 6) is 0. The Morgan fingerprint density at radius 1 is 0.667 bits per heavy atom. The van der Waals surface area contributed by atoms with Gasteiger partial charge in [0.1, 0.15) is 0 Å². The van der Waals surface area contributed by atoms with Crippen LogP contribution in [0.3, 0.4) is 0 Å². The van der Waals surface area contributed by atoms with Crippen molar-refractivity contribution in [2.24, 2.45) is 0 Å². The molecule has 0 nitrogen and oxygen atoms in total. The molecule has 0 atom stereocenters. The molecule has 3 rings (SSSR count). The maximum atomic E-state index is 2.41. The molecule has 1 aliphatic rings. The molecular weight excluding hydrogens is 216 g/mol. The standard InChI is InChI=1S/C18H18/c1-3-8-15(9-4-1)17-12-7-13-18(14-17)16-10-5-2-6-11-16/h1,3-4,7-10,12-14H,2,5-6,11H2. The minimum Gasteiger partial charge on any atom is -0.0807 e. The van der Waals surface area contributed by atoms with Gasteiger partial charge in [-0.3, -0.25) is 0 Å². The van der Waals surface area contributed by atoms with Crippen molar-refractivity contribution in [3.05, 3.63) is 66.2 Å². The molecule has 0 saturated heterocycles. The average Bonchev–Trinajstić information content (AvgIpc) is 2.49. The third kappa shape index (κ3) is 2.38. The maximum Gasteiger partial charge on any atom is -0.0178 e. The Labute approximate surface area is 109 Å². The van der Waals surface area contributed by atoms with Gasteiger partial charge < -0.3 is 0 Å². The van der Waals surface area contributed by atoms with Gasteiger partial charge in [0.05, 0.1) is 0 Å². The molecule has 0 aromatic heterocycles. The first kappa shape index (κ1) is 11.3. The number of allylic oxidation sites excluding steroid dienone is 2. The molecule has 0 heteroatoms. The summed E-state index contributed by atoms with van der Waals surface area (Å²) < 4.78 is 0. The van der Waals surface area contributed by atoms with E-state index < -0.39 is 0 Å². The molecule has 0 N–H and O–H groups in total. The summed E-state index contributed by atoms with van der Waals surface area (Å²) in [5, 5.41) is 0. The van der Waals surface area contributed by atoms with Gasteiger partial charge >= 0.3 is 0 Å². The zero-order valence-electron chi connectivity index (χ0n) is 10.6. The van der Waals surface area contributed by atoms with Crippen molar-refractivity contribution in [2.45, 2.75) is 25.7 Å². The zero-order chi connectivity index (χ0) is 12.2. The van der Waals surface area contributed by atoms with Gasteiger partial charge in [-0.15, -0.1) is 0 Å². The van der Waals surface area contributed by atoms with E-state index in [1.165, 1.54) is 47.9 Å². The van der Waals surface area contributed by atoms with Crippen LogP contribution < -0.4 is 0 Å². The van der Waals surface area contributed by atoms with Crippen molar-refractivity contribution in [3.63, 3.8) is 0 Å². The van der Waals surface area contributed by atoms with Gasteiger partial charge in [0, 0.05) is 0 Å². The van der Waals surface area contributed by atoms with E-state index in [1.54, 1.807) is 0 Å². The molecule has 2 aromatic rings. The minimum absolute atomic E-state index is 1.23. The lowest BCUT2D eigenvalue weighted by Crippen LogP contribution is -1.92. The Bertz CT molecular complexity index is 549. The Kier molecular flexibility index (Phi) is 3.27. The predicted octanol–water partition coefficient (Wildman–Crippen LogP) is 5.31. The van der Waals surface area contributed by atoms with E-state index in [9.17, 15) is 0 Å². The highest BCUT2D eigenvalue weighted by Crippen LogP contribution is 2.29. The SMILES string of the molecule is C1=C(c2cccc(-c3ccccc3)c2)CCCC1. The van der Waals surface area contributed by atoms with Crippen molar-refractivity contribution in [3.8, 4) is 11.1 Å². The van der Waals surface area contributed by atoms with Crippen molar-refractivity contribution < 1.29 is 0 Å². The fraction of sp³-hybridized carbons (Fsp3) is 0.222. The van der Waals surface area contributed by atoms with Gasteiger partial charge in [-0.2, -0.15) is 0 Å². The van der Waals surface area contributed by atoms with E-state index in [-0.39, 0.29) is 0 Å². The smallest absolute Gasteiger partial charge is 0.0178 e. The Morgan fingerprint density at radius 3 is 2.22 bits per heavy atom. The van der Waals surface area contributed by atoms with Crippen LogP contribution in [0, 0.1) is 0 Å². The largest absolute Gasteiger partial charge is 0.0807 e. The van der Waals surface area contributed by atoms with Crippen molar-refractivity contribution in [1.29, 1.82) is 0 Å². The van der Waals surface area contributed by atoms with Crippen LogP contribution in [0.25, 0.3) is 16.7 Å². The van der Waals surface area contributed by atoms with Gasteiger partial charge in [0.15, 0.2) is 0 Å². The van der Waals surface area contributed by atoms with Gasteiger partial charge in [0.25, 0.3) is 0 Å². The summed E-state index contributed by atoms with van der Waals surface area (Å²) in [5.41, 5.74) is 5.55. The summed E-state index contributed by atoms with van der Waals surface area (Å²) in [7, 11) is 0. The molecule has 1 aliphatic carbocycles. The molecule has 2 aromatic carbocycles. The normalized spacial score (nSPS) is 15.2. The monoisotopic (exact) mass is 234 g/mol. The fourth-order valence-corrected chi connectivity index (χ4v) is 2.63. The van der Waals surface area contributed by atoms with E-state index in [2.05, 4.69) is 60.7 Å². The third-order valence-electron chi connectivity index (χ3n) is 3.63. The lowest BCUT2D eigenvalue weighted by molar-refractivity contribution is 0.742. The first-order valence-corrected chi connectivity index (χ1v) is 6.78. The van der Waals surface area contributed by atoms with Crippen LogP contribution in [0.5, 0.6) is 0 Å². The molecule has 18 heavy (non-hydrogen) atoms. The van der Waals surface area contributed by atoms with E-state index in [4.69, 9.17) is 0 Å². The van der Waals surface area contributed by atoms with Crippen LogP contribution in [-0.2, 0) is 0 Å². The highest BCUT2D eigenvalue weighted by molar-refractivity contribution is 5.72. The van der Waals surface area contributed by atoms with E-state index in [0.717, 1.165) is 0 Å². The second-order valence-electron chi connectivity index (χ2n) is 4.92. The zero-order valence-corrected chi connectivity index (χ0v) is 10.6. The van der Waals surface area contributed by atoms with Crippen LogP contribution >= 0.6 is 0 Å². The average molecular weight is 234 g/mol. The van der Waals surface area contributed by atoms with Crippen LogP contribution in [0.1, 0.15) is 31.2 Å². The topological polar surface area (TPSA) is 0 Å². The summed E-state index contributed by atoms with van der Waals surface area (Å²) >= 11 is 0. The van der Waals surface area contributed by atoms with Crippen molar-refractivity contribution in [2.75, 3.05) is 0 Å². The van der Waals surface area contributed by atoms with E-state index >= 15 is 0 Å². The first-order chi connectivity index (χ1) is 8.93. The molecule has 0 radical (unpaired) electrons. The first-order valence-electron chi connectivity index (χ1n) is 6.78. The third-order valence-corrected chi connectivity index (χ3v) is 3.63. The molecule has 0 bridgehead atoms. The summed E-state index contributed by atoms with van der Waals surface area (Å²) in [4.78, 5) is 0. The van der Waals surface area contributed by atoms with E-state index in [0.29, 0.717) is 0 Å². The second kappa shape index (κ2) is 5.22. The number of hydrogen-bond donors (Lipinski definition) is 0. The molecular formula is C18H18. The van der Waals surface area contributed by atoms with Gasteiger partial charge in [-0.25, -0.2) is 0 Å². The summed E-state index contributed by atoms with van der Waals surface area (Å²) in [6.45, 7) is 0. The van der Waals surface area contributed by atoms with E-state index in [1.807, 2.05) is 0 Å². The quantitative estimate of drug-likeness (QED) is 0.660. The summed E-state index contributed by atoms with van der Waals surface area (Å²) in [6.07, 6.45) is 7.57. The minimum atomic E-state index is 1.23. The van der Waals surface area contributed by atoms with Gasteiger partial charge in [-0.05, 0) is 54.0 Å². The molecule has 0 heterocycles. The fourth-order valence-electron chi connectivity index (χ4n) is 2.63. The molecule has 0 spiro atoms.